The third-order valence-corrected chi connectivity index (χ3v) is 4.47. The Morgan fingerprint density at radius 2 is 1.92 bits per heavy atom. The van der Waals surface area contributed by atoms with Crippen LogP contribution in [0.4, 0.5) is 5.69 Å². The van der Waals surface area contributed by atoms with E-state index in [2.05, 4.69) is 10.3 Å². The van der Waals surface area contributed by atoms with Gasteiger partial charge >= 0.3 is 0 Å². The monoisotopic (exact) mass is 343 g/mol. The summed E-state index contributed by atoms with van der Waals surface area (Å²) in [5, 5.41) is 3.38. The van der Waals surface area contributed by atoms with Crippen molar-refractivity contribution < 1.29 is 9.59 Å². The molecule has 1 aliphatic rings. The summed E-state index contributed by atoms with van der Waals surface area (Å²) in [5.74, 6) is -0.423. The van der Waals surface area contributed by atoms with E-state index in [1.54, 1.807) is 23.1 Å². The molecule has 1 aromatic carbocycles. The normalized spacial score (nSPS) is 13.8. The predicted molar refractivity (Wildman–Crippen MR) is 93.5 cm³/mol. The highest BCUT2D eigenvalue weighted by molar-refractivity contribution is 6.31. The van der Waals surface area contributed by atoms with Gasteiger partial charge in [-0.2, -0.15) is 0 Å². The van der Waals surface area contributed by atoms with Crippen LogP contribution in [-0.4, -0.2) is 34.8 Å². The first-order valence-electron chi connectivity index (χ1n) is 7.87. The zero-order chi connectivity index (χ0) is 17.1. The second kappa shape index (κ2) is 7.01. The van der Waals surface area contributed by atoms with Crippen molar-refractivity contribution in [3.63, 3.8) is 0 Å². The molecule has 3 rings (SSSR count). The maximum Gasteiger partial charge on any atom is 0.272 e. The highest BCUT2D eigenvalue weighted by atomic mass is 35.5. The van der Waals surface area contributed by atoms with Crippen molar-refractivity contribution in [1.29, 1.82) is 0 Å². The second-order valence-corrected chi connectivity index (χ2v) is 6.25. The van der Waals surface area contributed by atoms with Crippen LogP contribution < -0.4 is 5.32 Å². The minimum Gasteiger partial charge on any atom is -0.337 e. The molecule has 1 N–H and O–H groups in total. The molecular formula is C18H18ClN3O2. The molecule has 0 unspecified atom stereocenters. The van der Waals surface area contributed by atoms with E-state index in [-0.39, 0.29) is 11.8 Å². The van der Waals surface area contributed by atoms with Gasteiger partial charge in [-0.05, 0) is 49.6 Å². The Hall–Kier alpha value is -2.40. The number of aryl methyl sites for hydroxylation is 1. The molecule has 2 heterocycles. The first-order chi connectivity index (χ1) is 11.5. The maximum atomic E-state index is 12.4. The molecular weight excluding hydrogens is 326 g/mol. The van der Waals surface area contributed by atoms with Crippen LogP contribution in [0.1, 0.15) is 39.3 Å². The van der Waals surface area contributed by atoms with Gasteiger partial charge in [0.1, 0.15) is 5.69 Å². The Morgan fingerprint density at radius 3 is 2.62 bits per heavy atom. The molecule has 24 heavy (non-hydrogen) atoms. The van der Waals surface area contributed by atoms with Crippen LogP contribution in [0.2, 0.25) is 5.02 Å². The van der Waals surface area contributed by atoms with Crippen molar-refractivity contribution in [1.82, 2.24) is 9.88 Å². The van der Waals surface area contributed by atoms with Crippen LogP contribution in [0.3, 0.4) is 0 Å². The predicted octanol–water partition coefficient (Wildman–Crippen LogP) is 3.53. The van der Waals surface area contributed by atoms with Gasteiger partial charge in [0.15, 0.2) is 0 Å². The molecule has 1 fully saturated rings. The number of halogens is 1. The Balaban J connectivity index is 1.76. The lowest BCUT2D eigenvalue weighted by molar-refractivity contribution is 0.0787. The number of nitrogens with zero attached hydrogens (tertiary/aromatic N) is 2. The first kappa shape index (κ1) is 16.5. The van der Waals surface area contributed by atoms with Gasteiger partial charge in [-0.15, -0.1) is 0 Å². The van der Waals surface area contributed by atoms with Crippen LogP contribution in [0.5, 0.6) is 0 Å². The topological polar surface area (TPSA) is 62.3 Å². The van der Waals surface area contributed by atoms with E-state index in [9.17, 15) is 9.59 Å². The molecule has 2 amide bonds. The first-order valence-corrected chi connectivity index (χ1v) is 8.25. The average molecular weight is 344 g/mol. The molecule has 5 nitrogen and oxygen atoms in total. The number of amides is 2. The molecule has 6 heteroatoms. The fraction of sp³-hybridized carbons (Fsp3) is 0.278. The summed E-state index contributed by atoms with van der Waals surface area (Å²) in [4.78, 5) is 30.7. The van der Waals surface area contributed by atoms with Gasteiger partial charge in [0.2, 0.25) is 0 Å². The third kappa shape index (κ3) is 3.57. The van der Waals surface area contributed by atoms with Crippen molar-refractivity contribution >= 4 is 29.1 Å². The van der Waals surface area contributed by atoms with Crippen molar-refractivity contribution in [3.8, 4) is 0 Å². The summed E-state index contributed by atoms with van der Waals surface area (Å²) in [6, 6.07) is 8.45. The molecule has 0 saturated carbocycles. The zero-order valence-corrected chi connectivity index (χ0v) is 14.1. The van der Waals surface area contributed by atoms with Crippen LogP contribution in [0.15, 0.2) is 36.5 Å². The van der Waals surface area contributed by atoms with Gasteiger partial charge in [0.25, 0.3) is 11.8 Å². The van der Waals surface area contributed by atoms with Crippen LogP contribution in [-0.2, 0) is 0 Å². The number of benzene rings is 1. The standard InChI is InChI=1S/C18H18ClN3O2/c1-12-4-5-14(11-15(12)19)21-17(23)13-6-7-20-16(10-13)18(24)22-8-2-3-9-22/h4-7,10-11H,2-3,8-9H2,1H3,(H,21,23). The maximum absolute atomic E-state index is 12.4. The largest absolute Gasteiger partial charge is 0.337 e. The van der Waals surface area contributed by atoms with Gasteiger partial charge < -0.3 is 10.2 Å². The van der Waals surface area contributed by atoms with Crippen molar-refractivity contribution in [2.75, 3.05) is 18.4 Å². The van der Waals surface area contributed by atoms with Gasteiger partial charge in [0, 0.05) is 35.6 Å². The highest BCUT2D eigenvalue weighted by Gasteiger charge is 2.21. The zero-order valence-electron chi connectivity index (χ0n) is 13.4. The SMILES string of the molecule is Cc1ccc(NC(=O)c2ccnc(C(=O)N3CCCC3)c2)cc1Cl. The van der Waals surface area contributed by atoms with Gasteiger partial charge in [-0.25, -0.2) is 0 Å². The molecule has 0 spiro atoms. The summed E-state index contributed by atoms with van der Waals surface area (Å²) < 4.78 is 0. The fourth-order valence-corrected chi connectivity index (χ4v) is 2.83. The smallest absolute Gasteiger partial charge is 0.272 e. The van der Waals surface area contributed by atoms with E-state index >= 15 is 0 Å². The Bertz CT molecular complexity index is 786. The molecule has 1 aromatic heterocycles. The van der Waals surface area contributed by atoms with Crippen molar-refractivity contribution in [2.24, 2.45) is 0 Å². The van der Waals surface area contributed by atoms with Gasteiger partial charge in [0.05, 0.1) is 0 Å². The van der Waals surface area contributed by atoms with Gasteiger partial charge in [-0.1, -0.05) is 17.7 Å². The number of rotatable bonds is 3. The van der Waals surface area contributed by atoms with Crippen LogP contribution in [0.25, 0.3) is 0 Å². The van der Waals surface area contributed by atoms with E-state index < -0.39 is 0 Å². The molecule has 0 aliphatic carbocycles. The summed E-state index contributed by atoms with van der Waals surface area (Å²) in [5.41, 5.74) is 2.24. The number of carbonyl (C=O) groups is 2. The lowest BCUT2D eigenvalue weighted by atomic mass is 10.2. The number of anilines is 1. The van der Waals surface area contributed by atoms with E-state index in [0.717, 1.165) is 31.5 Å². The fourth-order valence-electron chi connectivity index (χ4n) is 2.64. The van der Waals surface area contributed by atoms with Gasteiger partial charge in [-0.3, -0.25) is 14.6 Å². The molecule has 124 valence electrons. The minimum absolute atomic E-state index is 0.125. The number of carbonyl (C=O) groups excluding carboxylic acids is 2. The molecule has 0 atom stereocenters. The highest BCUT2D eigenvalue weighted by Crippen LogP contribution is 2.20. The van der Waals surface area contributed by atoms with E-state index in [1.165, 1.54) is 12.3 Å². The summed E-state index contributed by atoms with van der Waals surface area (Å²) in [6.45, 7) is 3.39. The Kier molecular flexibility index (Phi) is 4.81. The summed E-state index contributed by atoms with van der Waals surface area (Å²) in [6.07, 6.45) is 3.51. The molecule has 2 aromatic rings. The average Bonchev–Trinajstić information content (AvgIpc) is 3.12. The molecule has 0 bridgehead atoms. The molecule has 1 aliphatic heterocycles. The second-order valence-electron chi connectivity index (χ2n) is 5.85. The molecule has 0 radical (unpaired) electrons. The Morgan fingerprint density at radius 1 is 1.17 bits per heavy atom. The lowest BCUT2D eigenvalue weighted by Gasteiger charge is -2.14. The van der Waals surface area contributed by atoms with Crippen molar-refractivity contribution in [3.05, 3.63) is 58.4 Å². The number of hydrogen-bond acceptors (Lipinski definition) is 3. The molecule has 1 saturated heterocycles. The lowest BCUT2D eigenvalue weighted by Crippen LogP contribution is -2.28. The van der Waals surface area contributed by atoms with E-state index in [1.807, 2.05) is 13.0 Å². The van der Waals surface area contributed by atoms with E-state index in [0.29, 0.717) is 22.0 Å². The number of aromatic nitrogens is 1. The summed E-state index contributed by atoms with van der Waals surface area (Å²) >= 11 is 6.07. The van der Waals surface area contributed by atoms with Crippen LogP contribution in [0, 0.1) is 6.92 Å². The number of likely N-dealkylation sites (tertiary alicyclic amines) is 1. The third-order valence-electron chi connectivity index (χ3n) is 4.06. The number of pyridine rings is 1. The summed E-state index contributed by atoms with van der Waals surface area (Å²) in [7, 11) is 0. The number of nitrogens with one attached hydrogen (secondary N) is 1. The van der Waals surface area contributed by atoms with Crippen LogP contribution >= 0.6 is 11.6 Å². The van der Waals surface area contributed by atoms with E-state index in [4.69, 9.17) is 11.6 Å². The quantitative estimate of drug-likeness (QED) is 0.927. The number of hydrogen-bond donors (Lipinski definition) is 1. The Labute approximate surface area is 145 Å². The van der Waals surface area contributed by atoms with Crippen molar-refractivity contribution in [2.45, 2.75) is 19.8 Å². The minimum atomic E-state index is -0.298.